The highest BCUT2D eigenvalue weighted by Crippen LogP contribution is 2.39. The minimum atomic E-state index is 0.198. The van der Waals surface area contributed by atoms with E-state index >= 15 is 0 Å². The molecular weight excluding hydrogens is 124 g/mol. The molecule has 1 saturated heterocycles. The first kappa shape index (κ1) is 8.06. The Bertz CT molecular complexity index is 118. The lowest BCUT2D eigenvalue weighted by molar-refractivity contribution is 0.308. The Balaban J connectivity index is 2.17. The molecule has 0 radical (unpaired) electrons. The molecule has 0 N–H and O–H groups in total. The van der Waals surface area contributed by atoms with Crippen LogP contribution in [0.15, 0.2) is 0 Å². The molecule has 60 valence electrons. The maximum atomic E-state index is 5.48. The van der Waals surface area contributed by atoms with Gasteiger partial charge in [-0.1, -0.05) is 20.3 Å². The van der Waals surface area contributed by atoms with Gasteiger partial charge in [0.15, 0.2) is 0 Å². The van der Waals surface area contributed by atoms with Crippen LogP contribution in [0.4, 0.5) is 0 Å². The van der Waals surface area contributed by atoms with Crippen molar-refractivity contribution >= 4 is 0 Å². The third-order valence-corrected chi connectivity index (χ3v) is 2.48. The van der Waals surface area contributed by atoms with Crippen LogP contribution >= 0.6 is 0 Å². The lowest BCUT2D eigenvalue weighted by Crippen LogP contribution is -2.06. The average molecular weight is 142 g/mol. The molecule has 1 heteroatoms. The monoisotopic (exact) mass is 142 g/mol. The van der Waals surface area contributed by atoms with Crippen molar-refractivity contribution in [1.29, 1.82) is 0 Å². The van der Waals surface area contributed by atoms with E-state index in [0.29, 0.717) is 6.10 Å². The fourth-order valence-corrected chi connectivity index (χ4v) is 1.20. The van der Waals surface area contributed by atoms with Crippen LogP contribution in [0.3, 0.4) is 0 Å². The van der Waals surface area contributed by atoms with Crippen molar-refractivity contribution in [2.75, 3.05) is 0 Å². The highest BCUT2D eigenvalue weighted by atomic mass is 16.6. The molecular formula is C9H18O. The van der Waals surface area contributed by atoms with E-state index in [1.54, 1.807) is 0 Å². The molecule has 1 aliphatic heterocycles. The molecule has 0 amide bonds. The van der Waals surface area contributed by atoms with Gasteiger partial charge in [0.2, 0.25) is 0 Å². The van der Waals surface area contributed by atoms with Crippen molar-refractivity contribution < 1.29 is 4.74 Å². The van der Waals surface area contributed by atoms with E-state index in [1.165, 1.54) is 12.8 Å². The average Bonchev–Trinajstić information content (AvgIpc) is 2.40. The van der Waals surface area contributed by atoms with Crippen LogP contribution in [-0.4, -0.2) is 11.7 Å². The summed E-state index contributed by atoms with van der Waals surface area (Å²) >= 11 is 0. The Morgan fingerprint density at radius 2 is 2.00 bits per heavy atom. The summed E-state index contributed by atoms with van der Waals surface area (Å²) < 4.78 is 5.48. The van der Waals surface area contributed by atoms with Crippen LogP contribution in [0, 0.1) is 5.92 Å². The molecule has 1 nitrogen and oxygen atoms in total. The molecule has 0 saturated carbocycles. The number of ether oxygens (including phenoxy) is 1. The molecule has 0 bridgehead atoms. The largest absolute Gasteiger partial charge is 0.367 e. The topological polar surface area (TPSA) is 12.5 Å². The zero-order chi connectivity index (χ0) is 7.78. The van der Waals surface area contributed by atoms with Gasteiger partial charge in [-0.3, -0.25) is 0 Å². The maximum absolute atomic E-state index is 5.48. The lowest BCUT2D eigenvalue weighted by Gasteiger charge is -2.04. The number of hydrogen-bond acceptors (Lipinski definition) is 1. The first-order chi connectivity index (χ1) is 4.56. The molecule has 1 heterocycles. The van der Waals surface area contributed by atoms with E-state index in [-0.39, 0.29) is 5.60 Å². The van der Waals surface area contributed by atoms with E-state index in [2.05, 4.69) is 27.7 Å². The van der Waals surface area contributed by atoms with Crippen molar-refractivity contribution in [2.24, 2.45) is 5.92 Å². The third-order valence-electron chi connectivity index (χ3n) is 2.48. The lowest BCUT2D eigenvalue weighted by atomic mass is 9.98. The van der Waals surface area contributed by atoms with Gasteiger partial charge in [0, 0.05) is 0 Å². The fourth-order valence-electron chi connectivity index (χ4n) is 1.20. The number of epoxide rings is 1. The predicted octanol–water partition coefficient (Wildman–Crippen LogP) is 2.60. The summed E-state index contributed by atoms with van der Waals surface area (Å²) in [5.74, 6) is 0.826. The molecule has 0 aromatic heterocycles. The van der Waals surface area contributed by atoms with Gasteiger partial charge in [0.05, 0.1) is 11.7 Å². The van der Waals surface area contributed by atoms with Crippen LogP contribution in [0.1, 0.15) is 40.5 Å². The zero-order valence-corrected chi connectivity index (χ0v) is 7.48. The highest BCUT2D eigenvalue weighted by Gasteiger charge is 2.47. The van der Waals surface area contributed by atoms with Crippen LogP contribution < -0.4 is 0 Å². The molecule has 0 aliphatic carbocycles. The van der Waals surface area contributed by atoms with E-state index in [1.807, 2.05) is 0 Å². The van der Waals surface area contributed by atoms with Crippen molar-refractivity contribution in [2.45, 2.75) is 52.2 Å². The van der Waals surface area contributed by atoms with Crippen molar-refractivity contribution in [1.82, 2.24) is 0 Å². The summed E-state index contributed by atoms with van der Waals surface area (Å²) in [4.78, 5) is 0. The highest BCUT2D eigenvalue weighted by molar-refractivity contribution is 4.95. The summed E-state index contributed by atoms with van der Waals surface area (Å²) in [6.07, 6.45) is 3.06. The molecule has 1 fully saturated rings. The maximum Gasteiger partial charge on any atom is 0.0892 e. The first-order valence-corrected chi connectivity index (χ1v) is 4.24. The molecule has 0 aromatic carbocycles. The standard InChI is InChI=1S/C9H18O/c1-5-7(2)6-8-9(3,4)10-8/h7-8H,5-6H2,1-4H3. The predicted molar refractivity (Wildman–Crippen MR) is 43.0 cm³/mol. The molecule has 1 aliphatic rings. The van der Waals surface area contributed by atoms with E-state index in [9.17, 15) is 0 Å². The quantitative estimate of drug-likeness (QED) is 0.552. The Hall–Kier alpha value is -0.0400. The molecule has 2 unspecified atom stereocenters. The third kappa shape index (κ3) is 1.72. The summed E-state index contributed by atoms with van der Waals surface area (Å²) in [5, 5.41) is 0. The molecule has 2 atom stereocenters. The second-order valence-corrected chi connectivity index (χ2v) is 3.96. The first-order valence-electron chi connectivity index (χ1n) is 4.24. The minimum Gasteiger partial charge on any atom is -0.367 e. The number of rotatable bonds is 3. The van der Waals surface area contributed by atoms with Gasteiger partial charge in [-0.05, 0) is 26.2 Å². The van der Waals surface area contributed by atoms with Gasteiger partial charge in [-0.15, -0.1) is 0 Å². The van der Waals surface area contributed by atoms with E-state index < -0.39 is 0 Å². The summed E-state index contributed by atoms with van der Waals surface area (Å²) in [7, 11) is 0. The van der Waals surface area contributed by atoms with Crippen LogP contribution in [0.25, 0.3) is 0 Å². The van der Waals surface area contributed by atoms with Crippen LogP contribution in [0.5, 0.6) is 0 Å². The summed E-state index contributed by atoms with van der Waals surface area (Å²) in [5.41, 5.74) is 0.198. The van der Waals surface area contributed by atoms with E-state index in [0.717, 1.165) is 5.92 Å². The Morgan fingerprint density at radius 3 is 2.30 bits per heavy atom. The number of hydrogen-bond donors (Lipinski definition) is 0. The van der Waals surface area contributed by atoms with Gasteiger partial charge in [-0.2, -0.15) is 0 Å². The Labute approximate surface area is 63.8 Å². The summed E-state index contributed by atoms with van der Waals surface area (Å²) in [6, 6.07) is 0. The van der Waals surface area contributed by atoms with Crippen molar-refractivity contribution in [3.8, 4) is 0 Å². The second kappa shape index (κ2) is 2.54. The second-order valence-electron chi connectivity index (χ2n) is 3.96. The van der Waals surface area contributed by atoms with Gasteiger partial charge in [0.1, 0.15) is 0 Å². The molecule has 10 heavy (non-hydrogen) atoms. The smallest absolute Gasteiger partial charge is 0.0892 e. The normalized spacial score (nSPS) is 31.8. The molecule has 1 rings (SSSR count). The Kier molecular flexibility index (Phi) is 2.04. The SMILES string of the molecule is CCC(C)CC1OC1(C)C. The zero-order valence-electron chi connectivity index (χ0n) is 7.48. The van der Waals surface area contributed by atoms with Crippen LogP contribution in [0.2, 0.25) is 0 Å². The Morgan fingerprint density at radius 1 is 1.50 bits per heavy atom. The van der Waals surface area contributed by atoms with Gasteiger partial charge < -0.3 is 4.74 Å². The van der Waals surface area contributed by atoms with E-state index in [4.69, 9.17) is 4.74 Å². The van der Waals surface area contributed by atoms with Gasteiger partial charge in [-0.25, -0.2) is 0 Å². The minimum absolute atomic E-state index is 0.198. The van der Waals surface area contributed by atoms with Crippen molar-refractivity contribution in [3.63, 3.8) is 0 Å². The molecule has 0 spiro atoms. The van der Waals surface area contributed by atoms with Crippen molar-refractivity contribution in [3.05, 3.63) is 0 Å². The summed E-state index contributed by atoms with van der Waals surface area (Å²) in [6.45, 7) is 8.86. The molecule has 0 aromatic rings. The fraction of sp³-hybridized carbons (Fsp3) is 1.00. The van der Waals surface area contributed by atoms with Gasteiger partial charge >= 0.3 is 0 Å². The van der Waals surface area contributed by atoms with Crippen LogP contribution in [-0.2, 0) is 4.74 Å². The van der Waals surface area contributed by atoms with Gasteiger partial charge in [0.25, 0.3) is 0 Å².